The Bertz CT molecular complexity index is 990. The molecule has 0 aliphatic heterocycles. The first-order valence-corrected chi connectivity index (χ1v) is 14.9. The van der Waals surface area contributed by atoms with E-state index in [0.29, 0.717) is 4.90 Å². The lowest BCUT2D eigenvalue weighted by atomic mass is 10.3. The standard InChI is InChI=1S/C18H22N2O2SSi2/c1-23(21,22)16-12-10-15(11-13-16)20-14-18(25(2,3)4)19-24(20)17-8-6-5-7-9-17/h5-14H,1-4H3. The maximum atomic E-state index is 11.7. The van der Waals surface area contributed by atoms with Gasteiger partial charge < -0.3 is 4.22 Å². The van der Waals surface area contributed by atoms with Crippen LogP contribution in [0.3, 0.4) is 0 Å². The summed E-state index contributed by atoms with van der Waals surface area (Å²) in [4.78, 5) is 0.343. The van der Waals surface area contributed by atoms with E-state index in [1.165, 1.54) is 16.8 Å². The van der Waals surface area contributed by atoms with Gasteiger partial charge in [-0.15, -0.1) is 0 Å². The van der Waals surface area contributed by atoms with Crippen LogP contribution in [0.5, 0.6) is 0 Å². The van der Waals surface area contributed by atoms with Crippen molar-refractivity contribution in [3.63, 3.8) is 0 Å². The molecule has 1 heterocycles. The van der Waals surface area contributed by atoms with Crippen molar-refractivity contribution in [3.05, 3.63) is 60.8 Å². The molecule has 0 saturated carbocycles. The van der Waals surface area contributed by atoms with Crippen LogP contribution in [0.25, 0.3) is 10.9 Å². The number of nitrogens with zero attached hydrogens (tertiary/aromatic N) is 2. The van der Waals surface area contributed by atoms with E-state index in [2.05, 4.69) is 42.2 Å². The van der Waals surface area contributed by atoms with E-state index in [1.807, 2.05) is 30.3 Å². The molecule has 0 bridgehead atoms. The molecule has 3 aromatic rings. The monoisotopic (exact) mass is 386 g/mol. The summed E-state index contributed by atoms with van der Waals surface area (Å²) in [6.07, 6.45) is 3.40. The lowest BCUT2D eigenvalue weighted by Gasteiger charge is -2.11. The predicted molar refractivity (Wildman–Crippen MR) is 107 cm³/mol. The second-order valence-electron chi connectivity index (χ2n) is 7.20. The molecule has 0 atom stereocenters. The molecule has 1 aromatic heterocycles. The average molecular weight is 387 g/mol. The minimum atomic E-state index is -3.18. The first-order chi connectivity index (χ1) is 11.7. The molecule has 0 radical (unpaired) electrons. The van der Waals surface area contributed by atoms with Gasteiger partial charge in [0.2, 0.25) is 0 Å². The zero-order chi connectivity index (χ0) is 18.2. The number of rotatable bonds is 4. The first kappa shape index (κ1) is 18.0. The summed E-state index contributed by atoms with van der Waals surface area (Å²) in [6.45, 7) is 6.88. The van der Waals surface area contributed by atoms with Crippen LogP contribution in [-0.4, -0.2) is 40.3 Å². The molecular formula is C18H22N2O2SSi2. The lowest BCUT2D eigenvalue weighted by molar-refractivity contribution is 0.602. The van der Waals surface area contributed by atoms with Crippen molar-refractivity contribution in [3.8, 4) is 10.9 Å². The Labute approximate surface area is 151 Å². The van der Waals surface area contributed by atoms with Crippen molar-refractivity contribution in [2.75, 3.05) is 6.26 Å². The van der Waals surface area contributed by atoms with E-state index < -0.39 is 26.6 Å². The molecule has 0 aliphatic carbocycles. The molecular weight excluding hydrogens is 364 g/mol. The highest BCUT2D eigenvalue weighted by Crippen LogP contribution is 2.16. The Morgan fingerprint density at radius 1 is 0.960 bits per heavy atom. The average Bonchev–Trinajstić information content (AvgIpc) is 3.00. The van der Waals surface area contributed by atoms with Crippen LogP contribution in [-0.2, 0) is 9.84 Å². The Balaban J connectivity index is 2.16. The van der Waals surface area contributed by atoms with Crippen LogP contribution >= 0.6 is 0 Å². The highest BCUT2D eigenvalue weighted by atomic mass is 32.2. The Morgan fingerprint density at radius 3 is 2.08 bits per heavy atom. The van der Waals surface area contributed by atoms with Gasteiger partial charge in [-0.05, 0) is 29.5 Å². The van der Waals surface area contributed by atoms with Gasteiger partial charge in [-0.3, -0.25) is 4.64 Å². The summed E-state index contributed by atoms with van der Waals surface area (Å²) in [5, 5.41) is 2.43. The van der Waals surface area contributed by atoms with Gasteiger partial charge in [0, 0.05) is 23.5 Å². The van der Waals surface area contributed by atoms with Crippen LogP contribution in [0.4, 0.5) is 0 Å². The third-order valence-corrected chi connectivity index (χ3v) is 9.33. The summed E-state index contributed by atoms with van der Waals surface area (Å²) >= 11 is 0. The second kappa shape index (κ2) is 6.47. The van der Waals surface area contributed by atoms with Gasteiger partial charge in [-0.1, -0.05) is 50.0 Å². The maximum absolute atomic E-state index is 11.7. The maximum Gasteiger partial charge on any atom is 0.289 e. The number of benzene rings is 2. The molecule has 25 heavy (non-hydrogen) atoms. The number of aromatic nitrogens is 2. The molecule has 0 fully saturated rings. The van der Waals surface area contributed by atoms with Crippen molar-refractivity contribution in [2.45, 2.75) is 24.5 Å². The van der Waals surface area contributed by atoms with Crippen LogP contribution in [0.2, 0.25) is 19.6 Å². The predicted octanol–water partition coefficient (Wildman–Crippen LogP) is 2.84. The summed E-state index contributed by atoms with van der Waals surface area (Å²) in [5.74, 6) is 0. The van der Waals surface area contributed by atoms with Gasteiger partial charge in [0.15, 0.2) is 9.84 Å². The molecule has 0 saturated heterocycles. The van der Waals surface area contributed by atoms with Gasteiger partial charge in [-0.2, -0.15) is 0 Å². The highest BCUT2D eigenvalue weighted by molar-refractivity contribution is 7.90. The van der Waals surface area contributed by atoms with Gasteiger partial charge in [0.25, 0.3) is 8.74 Å². The van der Waals surface area contributed by atoms with Crippen LogP contribution < -0.4 is 5.32 Å². The molecule has 4 nitrogen and oxygen atoms in total. The highest BCUT2D eigenvalue weighted by Gasteiger charge is 2.23. The number of hydrogen-bond acceptors (Lipinski definition) is 3. The van der Waals surface area contributed by atoms with E-state index in [-0.39, 0.29) is 0 Å². The SMILES string of the molecule is C[Si](C)(C)c1cn(-c2ccc(S(C)(=O)=O)cc2)[si](-c2ccccc2)n1. The first-order valence-electron chi connectivity index (χ1n) is 8.12. The smallest absolute Gasteiger partial charge is 0.289 e. The number of sulfone groups is 1. The Morgan fingerprint density at radius 2 is 1.56 bits per heavy atom. The second-order valence-corrected chi connectivity index (χ2v) is 16.2. The quantitative estimate of drug-likeness (QED) is 0.648. The molecule has 2 aromatic carbocycles. The molecule has 3 rings (SSSR count). The fraction of sp³-hybridized carbons (Fsp3) is 0.222. The van der Waals surface area contributed by atoms with Crippen molar-refractivity contribution in [2.24, 2.45) is 0 Å². The molecule has 0 spiro atoms. The zero-order valence-corrected chi connectivity index (χ0v) is 17.7. The number of hydrogen-bond donors (Lipinski definition) is 0. The minimum absolute atomic E-state index is 0.343. The molecule has 0 unspecified atom stereocenters. The van der Waals surface area contributed by atoms with Crippen molar-refractivity contribution in [1.29, 1.82) is 0 Å². The van der Waals surface area contributed by atoms with Gasteiger partial charge in [0.1, 0.15) is 8.07 Å². The summed E-state index contributed by atoms with van der Waals surface area (Å²) in [7, 11) is -6.02. The van der Waals surface area contributed by atoms with Crippen molar-refractivity contribution < 1.29 is 8.42 Å². The van der Waals surface area contributed by atoms with Crippen LogP contribution in [0.15, 0.2) is 65.7 Å². The fourth-order valence-electron chi connectivity index (χ4n) is 2.58. The van der Waals surface area contributed by atoms with E-state index >= 15 is 0 Å². The van der Waals surface area contributed by atoms with E-state index in [1.54, 1.807) is 12.1 Å². The third-order valence-electron chi connectivity index (χ3n) is 4.05. The summed E-state index contributed by atoms with van der Waals surface area (Å²) < 4.78 is 30.7. The normalized spacial score (nSPS) is 12.3. The van der Waals surface area contributed by atoms with Crippen molar-refractivity contribution >= 4 is 32.0 Å². The largest absolute Gasteiger partial charge is 0.335 e. The van der Waals surface area contributed by atoms with E-state index in [4.69, 9.17) is 4.64 Å². The topological polar surface area (TPSA) is 52.0 Å². The Kier molecular flexibility index (Phi) is 4.65. The molecule has 0 N–H and O–H groups in total. The lowest BCUT2D eigenvalue weighted by Crippen LogP contribution is -2.39. The van der Waals surface area contributed by atoms with Crippen molar-refractivity contribution in [1.82, 2.24) is 8.86 Å². The molecule has 0 aliphatic rings. The molecule has 0 amide bonds. The summed E-state index contributed by atoms with van der Waals surface area (Å²) in [6, 6.07) is 17.4. The minimum Gasteiger partial charge on any atom is -0.335 e. The van der Waals surface area contributed by atoms with Gasteiger partial charge in [-0.25, -0.2) is 8.42 Å². The molecule has 7 heteroatoms. The van der Waals surface area contributed by atoms with Gasteiger partial charge >= 0.3 is 0 Å². The molecule has 130 valence electrons. The zero-order valence-electron chi connectivity index (χ0n) is 14.9. The van der Waals surface area contributed by atoms with E-state index in [9.17, 15) is 8.42 Å². The van der Waals surface area contributed by atoms with Gasteiger partial charge in [0.05, 0.1) is 4.90 Å². The Hall–Kier alpha value is -1.84. The fourth-order valence-corrected chi connectivity index (χ4v) is 7.45. The van der Waals surface area contributed by atoms with Crippen LogP contribution in [0, 0.1) is 0 Å². The third kappa shape index (κ3) is 3.88. The van der Waals surface area contributed by atoms with Crippen LogP contribution in [0.1, 0.15) is 0 Å². The summed E-state index contributed by atoms with van der Waals surface area (Å²) in [5.41, 5.74) is 0.988. The van der Waals surface area contributed by atoms with E-state index in [0.717, 1.165) is 5.69 Å².